The van der Waals surface area contributed by atoms with E-state index in [9.17, 15) is 10.5 Å². The number of rotatable bonds is 2. The summed E-state index contributed by atoms with van der Waals surface area (Å²) < 4.78 is 0. The molecule has 2 aliphatic rings. The molecule has 0 bridgehead atoms. The molecule has 5 nitrogen and oxygen atoms in total. The number of aromatic nitrogens is 1. The van der Waals surface area contributed by atoms with Crippen LogP contribution in [0, 0.1) is 29.6 Å². The number of nitrogens with two attached hydrogens (primary N) is 1. The lowest BCUT2D eigenvalue weighted by Gasteiger charge is -2.17. The van der Waals surface area contributed by atoms with Crippen LogP contribution < -0.4 is 10.6 Å². The summed E-state index contributed by atoms with van der Waals surface area (Å²) in [6.07, 6.45) is 4.57. The monoisotopic (exact) mass is 367 g/mol. The molecule has 138 valence electrons. The lowest BCUT2D eigenvalue weighted by molar-refractivity contribution is 0.949. The predicted octanol–water partition coefficient (Wildman–Crippen LogP) is 4.30. The molecule has 0 unspecified atom stereocenters. The number of anilines is 2. The lowest BCUT2D eigenvalue weighted by atomic mass is 9.95. The van der Waals surface area contributed by atoms with Gasteiger partial charge in [-0.3, -0.25) is 0 Å². The summed E-state index contributed by atoms with van der Waals surface area (Å²) in [5.41, 5.74) is 13.1. The van der Waals surface area contributed by atoms with E-state index < -0.39 is 0 Å². The number of hydrogen-bond donors (Lipinski definition) is 1. The van der Waals surface area contributed by atoms with Crippen molar-refractivity contribution in [1.29, 1.82) is 10.5 Å². The summed E-state index contributed by atoms with van der Waals surface area (Å²) in [6.45, 7) is 6.02. The van der Waals surface area contributed by atoms with Gasteiger partial charge in [-0.05, 0) is 67.2 Å². The van der Waals surface area contributed by atoms with E-state index in [0.29, 0.717) is 16.8 Å². The summed E-state index contributed by atoms with van der Waals surface area (Å²) in [6, 6.07) is 12.9. The van der Waals surface area contributed by atoms with Crippen LogP contribution in [0.25, 0.3) is 17.2 Å². The van der Waals surface area contributed by atoms with Gasteiger partial charge in [0.15, 0.2) is 0 Å². The Balaban J connectivity index is 1.81. The average molecular weight is 367 g/mol. The van der Waals surface area contributed by atoms with Crippen molar-refractivity contribution in [3.63, 3.8) is 0 Å². The highest BCUT2D eigenvalue weighted by atomic mass is 15.1. The van der Waals surface area contributed by atoms with Crippen molar-refractivity contribution in [2.75, 3.05) is 23.7 Å². The van der Waals surface area contributed by atoms with Crippen LogP contribution in [-0.4, -0.2) is 18.1 Å². The first-order valence-corrected chi connectivity index (χ1v) is 9.44. The Labute approximate surface area is 165 Å². The van der Waals surface area contributed by atoms with E-state index in [0.717, 1.165) is 40.9 Å². The molecule has 2 heterocycles. The zero-order valence-corrected chi connectivity index (χ0v) is 16.1. The minimum absolute atomic E-state index is 0.176. The molecule has 5 heteroatoms. The molecular weight excluding hydrogens is 346 g/mol. The van der Waals surface area contributed by atoms with E-state index in [2.05, 4.69) is 52.4 Å². The van der Waals surface area contributed by atoms with Gasteiger partial charge < -0.3 is 10.6 Å². The van der Waals surface area contributed by atoms with Crippen molar-refractivity contribution in [3.8, 4) is 12.1 Å². The van der Waals surface area contributed by atoms with E-state index in [4.69, 9.17) is 5.73 Å². The van der Waals surface area contributed by atoms with Crippen LogP contribution in [0.15, 0.2) is 29.8 Å². The van der Waals surface area contributed by atoms with E-state index in [1.165, 1.54) is 18.5 Å². The van der Waals surface area contributed by atoms with E-state index >= 15 is 0 Å². The molecule has 0 amide bonds. The first-order valence-electron chi connectivity index (χ1n) is 9.44. The Bertz CT molecular complexity index is 1100. The van der Waals surface area contributed by atoms with Gasteiger partial charge in [0, 0.05) is 24.3 Å². The van der Waals surface area contributed by atoms with Crippen LogP contribution in [0.3, 0.4) is 0 Å². The third-order valence-electron chi connectivity index (χ3n) is 5.66. The number of allylic oxidation sites excluding steroid dienone is 3. The molecule has 4 rings (SSSR count). The third-order valence-corrected chi connectivity index (χ3v) is 5.66. The maximum atomic E-state index is 9.65. The first kappa shape index (κ1) is 17.8. The molecule has 2 N–H and O–H groups in total. The number of hydrogen-bond acceptors (Lipinski definition) is 5. The molecule has 1 aliphatic carbocycles. The van der Waals surface area contributed by atoms with Crippen LogP contribution in [0.5, 0.6) is 0 Å². The summed E-state index contributed by atoms with van der Waals surface area (Å²) in [5.74, 6) is 0.176. The molecular formula is C23H21N5. The Kier molecular flexibility index (Phi) is 4.37. The maximum absolute atomic E-state index is 9.65. The second kappa shape index (κ2) is 6.87. The number of nitrogens with zero attached hydrogens (tertiary/aromatic N) is 4. The van der Waals surface area contributed by atoms with E-state index in [-0.39, 0.29) is 5.82 Å². The highest BCUT2D eigenvalue weighted by molar-refractivity contribution is 6.08. The van der Waals surface area contributed by atoms with Crippen LogP contribution in [0.2, 0.25) is 0 Å². The Morgan fingerprint density at radius 1 is 1.07 bits per heavy atom. The Morgan fingerprint density at radius 3 is 2.36 bits per heavy atom. The molecule has 1 aliphatic heterocycles. The molecule has 0 saturated carbocycles. The molecule has 2 aromatic rings. The van der Waals surface area contributed by atoms with Crippen LogP contribution in [0.4, 0.5) is 11.5 Å². The van der Waals surface area contributed by atoms with Crippen molar-refractivity contribution in [1.82, 2.24) is 4.98 Å². The summed E-state index contributed by atoms with van der Waals surface area (Å²) in [5, 5.41) is 19.1. The van der Waals surface area contributed by atoms with Crippen molar-refractivity contribution < 1.29 is 0 Å². The first-order chi connectivity index (χ1) is 13.5. The van der Waals surface area contributed by atoms with Crippen LogP contribution in [0.1, 0.15) is 47.7 Å². The SMILES string of the molecule is CC1=C(C#N)c2nc(N)c(C#N)c(C)c2/C1=C/c1ccc(N2CCCC2)cc1. The van der Waals surface area contributed by atoms with E-state index in [1.807, 2.05) is 13.8 Å². The third kappa shape index (κ3) is 2.73. The molecule has 28 heavy (non-hydrogen) atoms. The van der Waals surface area contributed by atoms with Gasteiger partial charge >= 0.3 is 0 Å². The van der Waals surface area contributed by atoms with E-state index in [1.54, 1.807) is 0 Å². The highest BCUT2D eigenvalue weighted by Gasteiger charge is 2.29. The second-order valence-corrected chi connectivity index (χ2v) is 7.29. The van der Waals surface area contributed by atoms with Gasteiger partial charge in [0.05, 0.1) is 16.8 Å². The molecule has 1 aromatic heterocycles. The minimum atomic E-state index is 0.176. The Morgan fingerprint density at radius 2 is 1.75 bits per heavy atom. The highest BCUT2D eigenvalue weighted by Crippen LogP contribution is 2.44. The fourth-order valence-electron chi connectivity index (χ4n) is 4.12. The lowest BCUT2D eigenvalue weighted by Crippen LogP contribution is -2.17. The zero-order valence-electron chi connectivity index (χ0n) is 16.1. The number of pyridine rings is 1. The molecule has 1 fully saturated rings. The van der Waals surface area contributed by atoms with Gasteiger partial charge in [-0.2, -0.15) is 10.5 Å². The predicted molar refractivity (Wildman–Crippen MR) is 112 cm³/mol. The Hall–Kier alpha value is -3.57. The number of fused-ring (bicyclic) bond motifs is 1. The normalized spacial score (nSPS) is 17.0. The van der Waals surface area contributed by atoms with Gasteiger partial charge in [-0.15, -0.1) is 0 Å². The summed E-state index contributed by atoms with van der Waals surface area (Å²) in [4.78, 5) is 6.77. The van der Waals surface area contributed by atoms with Gasteiger partial charge in [-0.25, -0.2) is 4.98 Å². The fraction of sp³-hybridized carbons (Fsp3) is 0.261. The van der Waals surface area contributed by atoms with Crippen LogP contribution >= 0.6 is 0 Å². The zero-order chi connectivity index (χ0) is 19.8. The van der Waals surface area contributed by atoms with Gasteiger partial charge in [0.1, 0.15) is 18.0 Å². The minimum Gasteiger partial charge on any atom is -0.383 e. The average Bonchev–Trinajstić information content (AvgIpc) is 3.30. The fourth-order valence-corrected chi connectivity index (χ4v) is 4.12. The van der Waals surface area contributed by atoms with Gasteiger partial charge in [0.25, 0.3) is 0 Å². The molecule has 1 aromatic carbocycles. The molecule has 0 spiro atoms. The van der Waals surface area contributed by atoms with Gasteiger partial charge in [0.2, 0.25) is 0 Å². The van der Waals surface area contributed by atoms with Crippen molar-refractivity contribution in [2.45, 2.75) is 26.7 Å². The number of nitriles is 2. The number of benzene rings is 1. The quantitative estimate of drug-likeness (QED) is 0.855. The topological polar surface area (TPSA) is 89.7 Å². The van der Waals surface area contributed by atoms with Gasteiger partial charge in [-0.1, -0.05) is 12.1 Å². The largest absolute Gasteiger partial charge is 0.383 e. The maximum Gasteiger partial charge on any atom is 0.142 e. The summed E-state index contributed by atoms with van der Waals surface area (Å²) in [7, 11) is 0. The molecule has 1 saturated heterocycles. The molecule has 0 atom stereocenters. The van der Waals surface area contributed by atoms with Crippen molar-refractivity contribution in [3.05, 3.63) is 57.8 Å². The van der Waals surface area contributed by atoms with Crippen molar-refractivity contribution in [2.24, 2.45) is 0 Å². The van der Waals surface area contributed by atoms with Crippen LogP contribution in [-0.2, 0) is 0 Å². The summed E-state index contributed by atoms with van der Waals surface area (Å²) >= 11 is 0. The smallest absolute Gasteiger partial charge is 0.142 e. The standard InChI is InChI=1S/C23H21N5/c1-14-18(11-16-5-7-17(8-6-16)28-9-3-4-10-28)21-15(2)20(13-25)23(26)27-22(21)19(14)12-24/h5-8,11H,3-4,9-10H2,1-2H3,(H2,26,27)/b18-11+. The number of nitrogen functional groups attached to an aromatic ring is 1. The second-order valence-electron chi connectivity index (χ2n) is 7.29. The molecule has 0 radical (unpaired) electrons. The van der Waals surface area contributed by atoms with Crippen molar-refractivity contribution >= 4 is 28.7 Å².